The van der Waals surface area contributed by atoms with E-state index in [1.54, 1.807) is 0 Å². The molecule has 4 unspecified atom stereocenters. The predicted octanol–water partition coefficient (Wildman–Crippen LogP) is 2.08. The Bertz CT molecular complexity index is 760. The second kappa shape index (κ2) is 7.52. The second-order valence-corrected chi connectivity index (χ2v) is 9.76. The molecule has 0 saturated carbocycles. The topological polar surface area (TPSA) is 55.8 Å². The molecule has 7 heteroatoms. The molecule has 5 heterocycles. The summed E-state index contributed by atoms with van der Waals surface area (Å²) in [5.74, 6) is 0.787. The van der Waals surface area contributed by atoms with Crippen molar-refractivity contribution in [3.63, 3.8) is 0 Å². The van der Waals surface area contributed by atoms with E-state index in [4.69, 9.17) is 0 Å². The quantitative estimate of drug-likeness (QED) is 0.757. The molecule has 5 aliphatic rings. The molecule has 6 nitrogen and oxygen atoms in total. The van der Waals surface area contributed by atoms with Crippen LogP contribution in [0.3, 0.4) is 0 Å². The number of quaternary nitrogens is 1. The molecule has 0 spiro atoms. The number of urea groups is 1. The van der Waals surface area contributed by atoms with Gasteiger partial charge in [-0.15, -0.1) is 0 Å². The van der Waals surface area contributed by atoms with Crippen LogP contribution in [0, 0.1) is 17.7 Å². The Morgan fingerprint density at radius 1 is 1.14 bits per heavy atom. The first kappa shape index (κ1) is 19.3. The zero-order chi connectivity index (χ0) is 20.0. The highest BCUT2D eigenvalue weighted by molar-refractivity contribution is 5.75. The Morgan fingerprint density at radius 3 is 2.72 bits per heavy atom. The van der Waals surface area contributed by atoms with Crippen molar-refractivity contribution in [1.82, 2.24) is 15.1 Å². The second-order valence-electron chi connectivity index (χ2n) is 9.76. The van der Waals surface area contributed by atoms with E-state index in [1.165, 1.54) is 12.1 Å². The van der Waals surface area contributed by atoms with Gasteiger partial charge in [0, 0.05) is 44.1 Å². The molecule has 158 valence electrons. The van der Waals surface area contributed by atoms with Crippen LogP contribution in [0.1, 0.15) is 24.8 Å². The standard InChI is InChI=1S/C22H31FN4O2/c23-19-3-1-16(2-4-19)5-7-25-8-6-20(12-25)24-22(28)26-11-18-9-17-10-21(26)15-27(29,13-17)14-18/h1-4,17-18,20-21,29H,5-15H2/p+1/t17?,18?,20-,21?,27?/m0/s1. The average Bonchev–Trinajstić information content (AvgIpc) is 3.02. The number of benzene rings is 1. The van der Waals surface area contributed by atoms with Crippen molar-refractivity contribution in [1.29, 1.82) is 0 Å². The molecule has 29 heavy (non-hydrogen) atoms. The van der Waals surface area contributed by atoms with Crippen LogP contribution in [0.5, 0.6) is 0 Å². The van der Waals surface area contributed by atoms with E-state index in [2.05, 4.69) is 10.2 Å². The van der Waals surface area contributed by atoms with Crippen molar-refractivity contribution in [3.8, 4) is 0 Å². The Morgan fingerprint density at radius 2 is 1.93 bits per heavy atom. The maximum absolute atomic E-state index is 13.1. The summed E-state index contributed by atoms with van der Waals surface area (Å²) in [6.07, 6.45) is 4.06. The summed E-state index contributed by atoms with van der Waals surface area (Å²) in [6.45, 7) is 5.93. The van der Waals surface area contributed by atoms with Crippen molar-refractivity contribution in [2.45, 2.75) is 37.8 Å². The third kappa shape index (κ3) is 4.13. The number of amides is 2. The number of likely N-dealkylation sites (tertiary alicyclic amines) is 1. The van der Waals surface area contributed by atoms with Crippen LogP contribution in [-0.4, -0.2) is 83.6 Å². The van der Waals surface area contributed by atoms with Crippen molar-refractivity contribution < 1.29 is 19.0 Å². The summed E-state index contributed by atoms with van der Waals surface area (Å²) in [5, 5.41) is 14.1. The van der Waals surface area contributed by atoms with Crippen LogP contribution in [0.2, 0.25) is 0 Å². The number of halogens is 1. The summed E-state index contributed by atoms with van der Waals surface area (Å²) >= 11 is 0. The lowest BCUT2D eigenvalue weighted by Gasteiger charge is -2.44. The van der Waals surface area contributed by atoms with E-state index in [0.29, 0.717) is 18.4 Å². The number of hydrogen-bond acceptors (Lipinski definition) is 3. The highest BCUT2D eigenvalue weighted by Crippen LogP contribution is 2.39. The van der Waals surface area contributed by atoms with Gasteiger partial charge in [0.2, 0.25) is 0 Å². The summed E-state index contributed by atoms with van der Waals surface area (Å²) < 4.78 is 13.2. The van der Waals surface area contributed by atoms with Crippen LogP contribution in [0.25, 0.3) is 0 Å². The van der Waals surface area contributed by atoms with Gasteiger partial charge in [-0.2, -0.15) is 4.65 Å². The SMILES string of the molecule is O=C(N[C@H]1CCN(CCc2ccc(F)cc2)C1)N1CC2CC3CC1C[N+](O)(C3)C2. The van der Waals surface area contributed by atoms with Crippen LogP contribution < -0.4 is 5.32 Å². The normalized spacial score (nSPS) is 36.4. The molecule has 2 N–H and O–H groups in total. The van der Waals surface area contributed by atoms with Gasteiger partial charge in [-0.3, -0.25) is 0 Å². The zero-order valence-corrected chi connectivity index (χ0v) is 17.0. The van der Waals surface area contributed by atoms with E-state index in [9.17, 15) is 14.4 Å². The summed E-state index contributed by atoms with van der Waals surface area (Å²) in [7, 11) is 0. The minimum atomic E-state index is -0.195. The maximum atomic E-state index is 13.1. The largest absolute Gasteiger partial charge is 0.334 e. The van der Waals surface area contributed by atoms with Crippen LogP contribution in [0.4, 0.5) is 9.18 Å². The van der Waals surface area contributed by atoms with E-state index in [1.807, 2.05) is 17.0 Å². The fraction of sp³-hybridized carbons (Fsp3) is 0.682. The molecular formula is C22H32FN4O2+. The van der Waals surface area contributed by atoms with Gasteiger partial charge in [0.05, 0.1) is 6.04 Å². The minimum absolute atomic E-state index is 0.0568. The maximum Gasteiger partial charge on any atom is 0.318 e. The molecule has 0 aromatic heterocycles. The van der Waals surface area contributed by atoms with Gasteiger partial charge < -0.3 is 15.1 Å². The van der Waals surface area contributed by atoms with Crippen molar-refractivity contribution in [3.05, 3.63) is 35.6 Å². The van der Waals surface area contributed by atoms with Crippen molar-refractivity contribution in [2.24, 2.45) is 11.8 Å². The molecule has 1 aromatic rings. The molecule has 2 amide bonds. The molecule has 0 aliphatic carbocycles. The van der Waals surface area contributed by atoms with E-state index in [-0.39, 0.29) is 28.6 Å². The van der Waals surface area contributed by atoms with E-state index >= 15 is 0 Å². The van der Waals surface area contributed by atoms with Crippen molar-refractivity contribution in [2.75, 3.05) is 45.8 Å². The van der Waals surface area contributed by atoms with Gasteiger partial charge in [0.15, 0.2) is 0 Å². The van der Waals surface area contributed by atoms with Crippen LogP contribution in [-0.2, 0) is 6.42 Å². The molecule has 0 radical (unpaired) electrons. The third-order valence-electron chi connectivity index (χ3n) is 7.41. The van der Waals surface area contributed by atoms with Crippen LogP contribution >= 0.6 is 0 Å². The number of carbonyl (C=O) groups excluding carboxylic acids is 1. The third-order valence-corrected chi connectivity index (χ3v) is 7.41. The van der Waals surface area contributed by atoms with Gasteiger partial charge in [-0.25, -0.2) is 14.4 Å². The summed E-state index contributed by atoms with van der Waals surface area (Å²) in [6, 6.07) is 7.13. The minimum Gasteiger partial charge on any atom is -0.334 e. The molecule has 5 saturated heterocycles. The van der Waals surface area contributed by atoms with Gasteiger partial charge in [-0.1, -0.05) is 12.1 Å². The molecule has 6 rings (SSSR count). The predicted molar refractivity (Wildman–Crippen MR) is 107 cm³/mol. The zero-order valence-electron chi connectivity index (χ0n) is 17.0. The smallest absolute Gasteiger partial charge is 0.318 e. The number of nitrogens with zero attached hydrogens (tertiary/aromatic N) is 3. The van der Waals surface area contributed by atoms with Crippen molar-refractivity contribution >= 4 is 6.03 Å². The van der Waals surface area contributed by atoms with Gasteiger partial charge in [-0.05, 0) is 43.4 Å². The Balaban J connectivity index is 1.13. The number of fused-ring (bicyclic) bond motifs is 1. The Kier molecular flexibility index (Phi) is 5.00. The fourth-order valence-electron chi connectivity index (χ4n) is 6.21. The fourth-order valence-corrected chi connectivity index (χ4v) is 6.21. The monoisotopic (exact) mass is 403 g/mol. The summed E-state index contributed by atoms with van der Waals surface area (Å²) in [4.78, 5) is 17.5. The number of carbonyl (C=O) groups is 1. The van der Waals surface area contributed by atoms with Crippen LogP contribution in [0.15, 0.2) is 24.3 Å². The first-order valence-corrected chi connectivity index (χ1v) is 11.1. The highest BCUT2D eigenvalue weighted by Gasteiger charge is 2.52. The van der Waals surface area contributed by atoms with E-state index in [0.717, 1.165) is 70.5 Å². The first-order chi connectivity index (χ1) is 14.0. The lowest BCUT2D eigenvalue weighted by atomic mass is 9.83. The number of nitrogens with one attached hydrogen (secondary N) is 1. The molecule has 5 aliphatic heterocycles. The first-order valence-electron chi connectivity index (χ1n) is 11.1. The molecule has 4 bridgehead atoms. The van der Waals surface area contributed by atoms with Gasteiger partial charge >= 0.3 is 6.03 Å². The van der Waals surface area contributed by atoms with Gasteiger partial charge in [0.1, 0.15) is 25.5 Å². The number of rotatable bonds is 4. The summed E-state index contributed by atoms with van der Waals surface area (Å²) in [5.41, 5.74) is 1.14. The number of hydroxylamine groups is 3. The van der Waals surface area contributed by atoms with E-state index < -0.39 is 0 Å². The average molecular weight is 404 g/mol. The lowest BCUT2D eigenvalue weighted by Crippen LogP contribution is -2.61. The van der Waals surface area contributed by atoms with Gasteiger partial charge in [0.25, 0.3) is 0 Å². The molecule has 1 aromatic carbocycles. The lowest BCUT2D eigenvalue weighted by molar-refractivity contribution is -1.11. The highest BCUT2D eigenvalue weighted by atomic mass is 19.1. The molecular weight excluding hydrogens is 371 g/mol. The Labute approximate surface area is 171 Å². The molecule has 5 fully saturated rings. The molecule has 5 atom stereocenters. The Hall–Kier alpha value is -1.70. The number of piperidine rings is 2. The number of hydrogen-bond donors (Lipinski definition) is 2.